The fraction of sp³-hybridized carbons (Fsp3) is 0.318. The Hall–Kier alpha value is -3.23. The number of rotatable bonds is 6. The first-order chi connectivity index (χ1) is 14.6. The average molecular weight is 407 g/mol. The van der Waals surface area contributed by atoms with E-state index in [1.807, 2.05) is 24.3 Å². The molecule has 2 aromatic carbocycles. The highest BCUT2D eigenvalue weighted by molar-refractivity contribution is 5.94. The number of H-pyrrole nitrogens is 1. The Balaban J connectivity index is 1.23. The van der Waals surface area contributed by atoms with Crippen molar-refractivity contribution in [3.05, 3.63) is 59.9 Å². The molecule has 8 nitrogen and oxygen atoms in total. The Morgan fingerprint density at radius 1 is 1.03 bits per heavy atom. The summed E-state index contributed by atoms with van der Waals surface area (Å²) in [5, 5.41) is 2.88. The lowest BCUT2D eigenvalue weighted by Crippen LogP contribution is -2.48. The summed E-state index contributed by atoms with van der Waals surface area (Å²) in [6, 6.07) is 14.7. The van der Waals surface area contributed by atoms with Crippen molar-refractivity contribution in [1.29, 1.82) is 0 Å². The number of esters is 1. The van der Waals surface area contributed by atoms with Gasteiger partial charge in [0.05, 0.1) is 36.8 Å². The van der Waals surface area contributed by atoms with Crippen molar-refractivity contribution < 1.29 is 14.3 Å². The van der Waals surface area contributed by atoms with Gasteiger partial charge in [0.1, 0.15) is 5.82 Å². The number of ether oxygens (including phenoxy) is 1. The number of hydrogen-bond donors (Lipinski definition) is 2. The van der Waals surface area contributed by atoms with Crippen molar-refractivity contribution in [2.75, 3.05) is 45.2 Å². The van der Waals surface area contributed by atoms with Gasteiger partial charge in [-0.1, -0.05) is 12.1 Å². The lowest BCUT2D eigenvalue weighted by atomic mass is 10.2. The van der Waals surface area contributed by atoms with E-state index in [2.05, 4.69) is 29.8 Å². The highest BCUT2D eigenvalue weighted by Crippen LogP contribution is 2.14. The number of nitrogens with one attached hydrogen (secondary N) is 2. The fourth-order valence-corrected chi connectivity index (χ4v) is 3.61. The zero-order chi connectivity index (χ0) is 20.9. The van der Waals surface area contributed by atoms with Crippen molar-refractivity contribution in [2.24, 2.45) is 0 Å². The zero-order valence-corrected chi connectivity index (χ0v) is 16.9. The van der Waals surface area contributed by atoms with Gasteiger partial charge in [-0.15, -0.1) is 0 Å². The van der Waals surface area contributed by atoms with Gasteiger partial charge in [-0.3, -0.25) is 14.6 Å². The number of benzene rings is 2. The van der Waals surface area contributed by atoms with E-state index >= 15 is 0 Å². The predicted octanol–water partition coefficient (Wildman–Crippen LogP) is 2.11. The molecule has 0 bridgehead atoms. The van der Waals surface area contributed by atoms with Crippen LogP contribution >= 0.6 is 0 Å². The number of hydrogen-bond acceptors (Lipinski definition) is 6. The Morgan fingerprint density at radius 3 is 2.43 bits per heavy atom. The van der Waals surface area contributed by atoms with Crippen molar-refractivity contribution in [1.82, 2.24) is 19.8 Å². The zero-order valence-electron chi connectivity index (χ0n) is 16.9. The molecule has 30 heavy (non-hydrogen) atoms. The third-order valence-corrected chi connectivity index (χ3v) is 5.23. The molecule has 0 atom stereocenters. The van der Waals surface area contributed by atoms with E-state index in [1.165, 1.54) is 7.11 Å². The summed E-state index contributed by atoms with van der Waals surface area (Å²) in [5.74, 6) is 0.512. The second-order valence-corrected chi connectivity index (χ2v) is 7.37. The van der Waals surface area contributed by atoms with Crippen LogP contribution in [-0.2, 0) is 16.1 Å². The van der Waals surface area contributed by atoms with E-state index in [-0.39, 0.29) is 5.91 Å². The second kappa shape index (κ2) is 9.06. The van der Waals surface area contributed by atoms with E-state index in [0.29, 0.717) is 17.8 Å². The number of para-hydroxylation sites is 2. The van der Waals surface area contributed by atoms with Gasteiger partial charge in [-0.2, -0.15) is 0 Å². The van der Waals surface area contributed by atoms with Gasteiger partial charge in [0.2, 0.25) is 5.91 Å². The molecular weight excluding hydrogens is 382 g/mol. The lowest BCUT2D eigenvalue weighted by Gasteiger charge is -2.33. The number of carbonyl (C=O) groups excluding carboxylic acids is 2. The van der Waals surface area contributed by atoms with Crippen molar-refractivity contribution in [2.45, 2.75) is 6.54 Å². The predicted molar refractivity (Wildman–Crippen MR) is 114 cm³/mol. The largest absolute Gasteiger partial charge is 0.465 e. The van der Waals surface area contributed by atoms with Crippen LogP contribution in [0.25, 0.3) is 11.0 Å². The third kappa shape index (κ3) is 4.84. The average Bonchev–Trinajstić information content (AvgIpc) is 3.17. The third-order valence-electron chi connectivity index (χ3n) is 5.23. The summed E-state index contributed by atoms with van der Waals surface area (Å²) >= 11 is 0. The molecule has 1 aliphatic rings. The van der Waals surface area contributed by atoms with Gasteiger partial charge in [-0.25, -0.2) is 9.78 Å². The number of aromatic amines is 1. The molecule has 0 spiro atoms. The summed E-state index contributed by atoms with van der Waals surface area (Å²) in [7, 11) is 1.34. The lowest BCUT2D eigenvalue weighted by molar-refractivity contribution is -0.117. The maximum Gasteiger partial charge on any atom is 0.337 e. The first-order valence-corrected chi connectivity index (χ1v) is 9.97. The number of amides is 1. The normalized spacial score (nSPS) is 15.2. The molecule has 156 valence electrons. The summed E-state index contributed by atoms with van der Waals surface area (Å²) in [4.78, 5) is 36.3. The number of aromatic nitrogens is 2. The first-order valence-electron chi connectivity index (χ1n) is 9.97. The molecule has 4 rings (SSSR count). The molecular formula is C22H25N5O3. The minimum atomic E-state index is -0.395. The number of carbonyl (C=O) groups is 2. The quantitative estimate of drug-likeness (QED) is 0.608. The van der Waals surface area contributed by atoms with Crippen LogP contribution in [0.1, 0.15) is 16.2 Å². The van der Waals surface area contributed by atoms with Crippen LogP contribution in [0, 0.1) is 0 Å². The van der Waals surface area contributed by atoms with Crippen molar-refractivity contribution >= 4 is 28.6 Å². The van der Waals surface area contributed by atoms with E-state index in [1.54, 1.807) is 24.3 Å². The summed E-state index contributed by atoms with van der Waals surface area (Å²) in [5.41, 5.74) is 3.16. The molecule has 1 fully saturated rings. The van der Waals surface area contributed by atoms with Crippen molar-refractivity contribution in [3.63, 3.8) is 0 Å². The maximum atomic E-state index is 12.4. The number of piperazine rings is 1. The molecule has 1 aromatic heterocycles. The van der Waals surface area contributed by atoms with Gasteiger partial charge in [-0.05, 0) is 36.4 Å². The number of anilines is 1. The Labute approximate surface area is 174 Å². The van der Waals surface area contributed by atoms with E-state index in [9.17, 15) is 9.59 Å². The Kier molecular flexibility index (Phi) is 6.06. The fourth-order valence-electron chi connectivity index (χ4n) is 3.61. The summed E-state index contributed by atoms with van der Waals surface area (Å²) in [6.45, 7) is 4.55. The van der Waals surface area contributed by atoms with Crippen LogP contribution in [0.2, 0.25) is 0 Å². The number of fused-ring (bicyclic) bond motifs is 1. The van der Waals surface area contributed by atoms with Gasteiger partial charge >= 0.3 is 5.97 Å². The molecule has 0 radical (unpaired) electrons. The first kappa shape index (κ1) is 20.1. The Bertz CT molecular complexity index is 990. The molecule has 0 saturated carbocycles. The number of imidazole rings is 1. The standard InChI is InChI=1S/C22H25N5O3/c1-30-22(29)16-6-8-17(9-7-16)23-21(28)15-27-12-10-26(11-13-27)14-20-24-18-4-2-3-5-19(18)25-20/h2-9H,10-15H2,1H3,(H,23,28)(H,24,25). The molecule has 2 N–H and O–H groups in total. The summed E-state index contributed by atoms with van der Waals surface area (Å²) < 4.78 is 4.68. The molecule has 1 amide bonds. The molecule has 0 unspecified atom stereocenters. The van der Waals surface area contributed by atoms with E-state index < -0.39 is 5.97 Å². The van der Waals surface area contributed by atoms with Crippen LogP contribution in [0.3, 0.4) is 0 Å². The van der Waals surface area contributed by atoms with Crippen LogP contribution in [-0.4, -0.2) is 71.5 Å². The van der Waals surface area contributed by atoms with Crippen LogP contribution < -0.4 is 5.32 Å². The second-order valence-electron chi connectivity index (χ2n) is 7.37. The molecule has 0 aliphatic carbocycles. The minimum Gasteiger partial charge on any atom is -0.465 e. The maximum absolute atomic E-state index is 12.4. The van der Waals surface area contributed by atoms with Gasteiger partial charge in [0, 0.05) is 31.9 Å². The highest BCUT2D eigenvalue weighted by Gasteiger charge is 2.20. The van der Waals surface area contributed by atoms with Crippen molar-refractivity contribution in [3.8, 4) is 0 Å². The number of methoxy groups -OCH3 is 1. The molecule has 8 heteroatoms. The Morgan fingerprint density at radius 2 is 1.73 bits per heavy atom. The topological polar surface area (TPSA) is 90.6 Å². The minimum absolute atomic E-state index is 0.0634. The van der Waals surface area contributed by atoms with Crippen LogP contribution in [0.4, 0.5) is 5.69 Å². The summed E-state index contributed by atoms with van der Waals surface area (Å²) in [6.07, 6.45) is 0. The van der Waals surface area contributed by atoms with Gasteiger partial charge in [0.25, 0.3) is 0 Å². The SMILES string of the molecule is COC(=O)c1ccc(NC(=O)CN2CCN(Cc3nc4ccccc4[nH]3)CC2)cc1. The van der Waals surface area contributed by atoms with Crippen LogP contribution in [0.15, 0.2) is 48.5 Å². The molecule has 1 aliphatic heterocycles. The van der Waals surface area contributed by atoms with Gasteiger partial charge < -0.3 is 15.0 Å². The highest BCUT2D eigenvalue weighted by atomic mass is 16.5. The smallest absolute Gasteiger partial charge is 0.337 e. The van der Waals surface area contributed by atoms with E-state index in [4.69, 9.17) is 0 Å². The molecule has 2 heterocycles. The molecule has 3 aromatic rings. The van der Waals surface area contributed by atoms with Gasteiger partial charge in [0.15, 0.2) is 0 Å². The molecule has 1 saturated heterocycles. The van der Waals surface area contributed by atoms with Crippen LogP contribution in [0.5, 0.6) is 0 Å². The monoisotopic (exact) mass is 407 g/mol. The van der Waals surface area contributed by atoms with E-state index in [0.717, 1.165) is 49.6 Å². The number of nitrogens with zero attached hydrogens (tertiary/aromatic N) is 3.